The van der Waals surface area contributed by atoms with Crippen LogP contribution in [0, 0.1) is 18.3 Å². The van der Waals surface area contributed by atoms with Gasteiger partial charge in [-0.05, 0) is 87.2 Å². The van der Waals surface area contributed by atoms with E-state index in [0.717, 1.165) is 45.2 Å². The largest absolute Gasteiger partial charge is 0.497 e. The zero-order valence-corrected chi connectivity index (χ0v) is 44.6. The molecule has 7 aromatic rings. The first-order valence-corrected chi connectivity index (χ1v) is 29.4. The van der Waals surface area contributed by atoms with Crippen LogP contribution in [-0.2, 0) is 35.5 Å². The lowest BCUT2D eigenvalue weighted by molar-refractivity contribution is -0.0963. The number of oxazole rings is 1. The van der Waals surface area contributed by atoms with Crippen molar-refractivity contribution in [2.24, 2.45) is 0 Å². The topological polar surface area (TPSA) is 161 Å². The van der Waals surface area contributed by atoms with Crippen LogP contribution >= 0.6 is 8.53 Å². The number of nitriles is 1. The van der Waals surface area contributed by atoms with Gasteiger partial charge in [-0.1, -0.05) is 104 Å². The van der Waals surface area contributed by atoms with Gasteiger partial charge in [-0.25, -0.2) is 19.6 Å². The molecule has 3 aromatic heterocycles. The summed E-state index contributed by atoms with van der Waals surface area (Å²) >= 11 is 0. The molecule has 72 heavy (non-hydrogen) atoms. The number of nitrogens with zero attached hydrogens (tertiary/aromatic N) is 7. The van der Waals surface area contributed by atoms with Crippen LogP contribution in [0.2, 0.25) is 25.7 Å². The van der Waals surface area contributed by atoms with E-state index in [-0.39, 0.29) is 38.3 Å². The van der Waals surface area contributed by atoms with E-state index in [4.69, 9.17) is 47.1 Å². The monoisotopic (exact) mass is 1010 g/mol. The summed E-state index contributed by atoms with van der Waals surface area (Å²) in [6.07, 6.45) is 3.32. The summed E-state index contributed by atoms with van der Waals surface area (Å²) in [5.41, 5.74) is 5.46. The maximum Gasteiger partial charge on any atom is 0.259 e. The predicted octanol–water partition coefficient (Wildman–Crippen LogP) is 11.7. The van der Waals surface area contributed by atoms with E-state index in [2.05, 4.69) is 111 Å². The molecule has 4 heterocycles. The van der Waals surface area contributed by atoms with Crippen molar-refractivity contribution in [2.75, 3.05) is 26.9 Å². The summed E-state index contributed by atoms with van der Waals surface area (Å²) in [7, 11) is -1.57. The van der Waals surface area contributed by atoms with Gasteiger partial charge in [-0.2, -0.15) is 10.2 Å². The first-order valence-electron chi connectivity index (χ1n) is 24.5. The average molecular weight is 1010 g/mol. The number of methoxy groups -OCH3 is 1. The van der Waals surface area contributed by atoms with Crippen LogP contribution in [-0.4, -0.2) is 94.6 Å². The Bertz CT molecular complexity index is 2820. The molecular formula is C55H66N7O8PSi. The zero-order chi connectivity index (χ0) is 50.8. The number of rotatable bonds is 24. The first-order chi connectivity index (χ1) is 34.8. The second-order valence-electron chi connectivity index (χ2n) is 19.6. The third-order valence-electron chi connectivity index (χ3n) is 12.5. The minimum Gasteiger partial charge on any atom is -0.497 e. The Labute approximate surface area is 425 Å². The maximum atomic E-state index is 9.68. The van der Waals surface area contributed by atoms with Gasteiger partial charge in [0.25, 0.3) is 8.53 Å². The highest BCUT2D eigenvalue weighted by atomic mass is 31.2. The molecule has 8 rings (SSSR count). The summed E-state index contributed by atoms with van der Waals surface area (Å²) in [4.78, 5) is 18.5. The van der Waals surface area contributed by atoms with Gasteiger partial charge in [0.2, 0.25) is 11.8 Å². The minimum atomic E-state index is -1.81. The molecule has 1 fully saturated rings. The number of hydrogen-bond donors (Lipinski definition) is 0. The van der Waals surface area contributed by atoms with Gasteiger partial charge in [-0.15, -0.1) is 0 Å². The van der Waals surface area contributed by atoms with E-state index in [1.54, 1.807) is 25.9 Å². The molecule has 0 aliphatic carbocycles. The third kappa shape index (κ3) is 12.1. The fourth-order valence-electron chi connectivity index (χ4n) is 8.89. The van der Waals surface area contributed by atoms with Crippen LogP contribution in [0.5, 0.6) is 11.6 Å². The highest BCUT2D eigenvalue weighted by Gasteiger charge is 2.52. The minimum absolute atomic E-state index is 0.0172. The number of aromatic nitrogens is 5. The van der Waals surface area contributed by atoms with Crippen molar-refractivity contribution in [3.63, 3.8) is 0 Å². The molecule has 1 saturated heterocycles. The molecule has 15 nitrogen and oxygen atoms in total. The van der Waals surface area contributed by atoms with Gasteiger partial charge in [0, 0.05) is 25.7 Å². The molecule has 0 radical (unpaired) electrons. The summed E-state index contributed by atoms with van der Waals surface area (Å²) in [5, 5.41) is 9.68. The first kappa shape index (κ1) is 52.5. The lowest BCUT2D eigenvalue weighted by Gasteiger charge is -2.39. The molecule has 378 valence electrons. The summed E-state index contributed by atoms with van der Waals surface area (Å²) < 4.78 is 57.7. The van der Waals surface area contributed by atoms with Crippen LogP contribution in [0.3, 0.4) is 0 Å². The molecule has 0 bridgehead atoms. The molecule has 6 atom stereocenters. The van der Waals surface area contributed by atoms with Gasteiger partial charge in [0.1, 0.15) is 42.3 Å². The van der Waals surface area contributed by atoms with Crippen molar-refractivity contribution in [3.05, 3.63) is 156 Å². The lowest BCUT2D eigenvalue weighted by atomic mass is 9.79. The zero-order valence-electron chi connectivity index (χ0n) is 42.7. The Kier molecular flexibility index (Phi) is 17.3. The van der Waals surface area contributed by atoms with Crippen LogP contribution in [0.15, 0.2) is 133 Å². The molecule has 0 saturated carbocycles. The smallest absolute Gasteiger partial charge is 0.259 e. The average Bonchev–Trinajstić information content (AvgIpc) is 4.15. The highest BCUT2D eigenvalue weighted by molar-refractivity contribution is 7.44. The number of imidazole rings is 1. The Balaban J connectivity index is 1.26. The van der Waals surface area contributed by atoms with Gasteiger partial charge in [0.05, 0.1) is 58.6 Å². The van der Waals surface area contributed by atoms with Gasteiger partial charge in [-0.3, -0.25) is 4.57 Å². The molecule has 1 aliphatic heterocycles. The van der Waals surface area contributed by atoms with Crippen molar-refractivity contribution in [1.29, 1.82) is 5.26 Å². The molecule has 4 aromatic carbocycles. The molecule has 0 N–H and O–H groups in total. The molecule has 17 heteroatoms. The van der Waals surface area contributed by atoms with Crippen LogP contribution in [0.4, 0.5) is 0 Å². The Morgan fingerprint density at radius 2 is 1.53 bits per heavy atom. The summed E-state index contributed by atoms with van der Waals surface area (Å²) in [6.45, 7) is 18.4. The maximum absolute atomic E-state index is 9.68. The van der Waals surface area contributed by atoms with E-state index in [1.165, 1.54) is 6.33 Å². The highest BCUT2D eigenvalue weighted by Crippen LogP contribution is 2.52. The lowest BCUT2D eigenvalue weighted by Crippen LogP contribution is -2.43. The van der Waals surface area contributed by atoms with Crippen molar-refractivity contribution < 1.29 is 37.1 Å². The molecule has 0 amide bonds. The van der Waals surface area contributed by atoms with Gasteiger partial charge in [0.15, 0.2) is 17.4 Å². The van der Waals surface area contributed by atoms with E-state index < -0.39 is 46.7 Å². The molecule has 0 spiro atoms. The molecular weight excluding hydrogens is 946 g/mol. The number of ether oxygens (including phenoxy) is 5. The second kappa shape index (κ2) is 23.8. The van der Waals surface area contributed by atoms with Crippen molar-refractivity contribution in [2.45, 2.75) is 116 Å². The standard InChI is InChI=1S/C55H66N7O8PSi/c1-38(2)62(39(3)4)71(68-30-13-28-56)70-49-47(35-67-55(43-14-11-10-12-15-43,44-22-16-40(5)17-23-44)45-24-26-46(63-6)27-25-45)69-54(50(49)66-34-41-18-20-42(21-19-41)52-57-29-31-64-52)61-37-60-48-51(61)58-36-59-53(48)65-32-33-72(7,8)9/h10-12,14-27,29,31,36-39,47,49-50,54H,13,30,32-35H2,1-9H3/t47-,49-,50-,54-,55?,71?/m1/s1. The fourth-order valence-corrected chi connectivity index (χ4v) is 11.4. The molecule has 2 unspecified atom stereocenters. The number of aryl methyl sites for hydroxylation is 1. The SMILES string of the molecule is COc1ccc(C(OC[C@H]2O[C@@H](n3cnc4c(OCC[Si](C)(C)C)ncnc43)[C@H](OCc3ccc(-c4ncco4)cc3)[C@@H]2OP(OCCC#N)N(C(C)C)C(C)C)(c2ccccc2)c2ccc(C)cc2)cc1. The third-order valence-corrected chi connectivity index (χ3v) is 16.4. The van der Waals surface area contributed by atoms with Gasteiger partial charge >= 0.3 is 0 Å². The van der Waals surface area contributed by atoms with Crippen LogP contribution < -0.4 is 9.47 Å². The Hall–Kier alpha value is -5.86. The Morgan fingerprint density at radius 1 is 0.833 bits per heavy atom. The number of hydrogen-bond acceptors (Lipinski definition) is 14. The van der Waals surface area contributed by atoms with Gasteiger partial charge < -0.3 is 37.1 Å². The van der Waals surface area contributed by atoms with E-state index in [9.17, 15) is 5.26 Å². The van der Waals surface area contributed by atoms with Crippen LogP contribution in [0.1, 0.15) is 68.2 Å². The normalized spacial score (nSPS) is 18.4. The predicted molar refractivity (Wildman–Crippen MR) is 280 cm³/mol. The summed E-state index contributed by atoms with van der Waals surface area (Å²) in [6, 6.07) is 37.8. The quantitative estimate of drug-likeness (QED) is 0.0243. The van der Waals surface area contributed by atoms with Crippen molar-refractivity contribution >= 4 is 27.8 Å². The Morgan fingerprint density at radius 3 is 2.17 bits per heavy atom. The fraction of sp³-hybridized carbons (Fsp3) is 0.400. The second-order valence-corrected chi connectivity index (χ2v) is 26.6. The molecule has 1 aliphatic rings. The summed E-state index contributed by atoms with van der Waals surface area (Å²) in [5.74, 6) is 1.64. The van der Waals surface area contributed by atoms with Crippen LogP contribution in [0.25, 0.3) is 22.6 Å². The number of benzene rings is 4. The van der Waals surface area contributed by atoms with E-state index in [0.29, 0.717) is 29.5 Å². The van der Waals surface area contributed by atoms with Crippen molar-refractivity contribution in [1.82, 2.24) is 29.2 Å². The van der Waals surface area contributed by atoms with E-state index in [1.807, 2.05) is 71.3 Å². The van der Waals surface area contributed by atoms with Crippen molar-refractivity contribution in [3.8, 4) is 29.2 Å². The van der Waals surface area contributed by atoms with E-state index >= 15 is 0 Å². The number of fused-ring (bicyclic) bond motifs is 1.